The maximum absolute atomic E-state index is 11.8. The van der Waals surface area contributed by atoms with Crippen molar-refractivity contribution >= 4 is 27.3 Å². The van der Waals surface area contributed by atoms with Gasteiger partial charge < -0.3 is 15.7 Å². The summed E-state index contributed by atoms with van der Waals surface area (Å²) in [7, 11) is -3.18. The van der Waals surface area contributed by atoms with Gasteiger partial charge in [0.15, 0.2) is 5.82 Å². The fourth-order valence-electron chi connectivity index (χ4n) is 4.58. The number of fused-ring (bicyclic) bond motifs is 1. The fourth-order valence-corrected chi connectivity index (χ4v) is 5.41. The number of aromatic hydroxyl groups is 1. The summed E-state index contributed by atoms with van der Waals surface area (Å²) >= 11 is 0. The molecule has 2 fully saturated rings. The molecule has 0 bridgehead atoms. The summed E-state index contributed by atoms with van der Waals surface area (Å²) in [5.74, 6) is 0.833. The van der Waals surface area contributed by atoms with E-state index in [-0.39, 0.29) is 11.8 Å². The molecule has 5 heterocycles. The molecule has 0 amide bonds. The number of anilines is 2. The third-order valence-corrected chi connectivity index (χ3v) is 7.71. The van der Waals surface area contributed by atoms with Gasteiger partial charge in [0.05, 0.1) is 11.9 Å². The number of piperazine rings is 1. The van der Waals surface area contributed by atoms with Crippen molar-refractivity contribution in [1.29, 1.82) is 0 Å². The summed E-state index contributed by atoms with van der Waals surface area (Å²) in [6.45, 7) is 4.49. The van der Waals surface area contributed by atoms with Crippen LogP contribution in [0, 0.1) is 0 Å². The number of nitrogen functional groups attached to an aromatic ring is 1. The highest BCUT2D eigenvalue weighted by atomic mass is 32.2. The van der Waals surface area contributed by atoms with Gasteiger partial charge in [0.25, 0.3) is 0 Å². The number of hydrogen-bond donors (Lipinski definition) is 2. The molecule has 0 radical (unpaired) electrons. The summed E-state index contributed by atoms with van der Waals surface area (Å²) in [4.78, 5) is 17.3. The number of sulfonamides is 1. The zero-order chi connectivity index (χ0) is 23.9. The molecular formula is C21H29N9O3S. The minimum atomic E-state index is -3.18. The van der Waals surface area contributed by atoms with E-state index in [9.17, 15) is 13.5 Å². The van der Waals surface area contributed by atoms with Crippen molar-refractivity contribution in [1.82, 2.24) is 33.8 Å². The summed E-state index contributed by atoms with van der Waals surface area (Å²) in [5, 5.41) is 15.8. The van der Waals surface area contributed by atoms with E-state index in [0.29, 0.717) is 44.0 Å². The van der Waals surface area contributed by atoms with Crippen molar-refractivity contribution in [3.05, 3.63) is 24.2 Å². The smallest absolute Gasteiger partial charge is 0.240 e. The first kappa shape index (κ1) is 22.7. The van der Waals surface area contributed by atoms with Crippen LogP contribution < -0.4 is 10.6 Å². The van der Waals surface area contributed by atoms with Gasteiger partial charge in [-0.1, -0.05) is 0 Å². The topological polar surface area (TPSA) is 146 Å². The van der Waals surface area contributed by atoms with Crippen LogP contribution in [-0.2, 0) is 16.6 Å². The lowest BCUT2D eigenvalue weighted by Gasteiger charge is -2.32. The maximum Gasteiger partial charge on any atom is 0.240 e. The molecule has 0 unspecified atom stereocenters. The number of nitrogens with zero attached hydrogens (tertiary/aromatic N) is 8. The van der Waals surface area contributed by atoms with Gasteiger partial charge in [-0.15, -0.1) is 0 Å². The molecule has 182 valence electrons. The number of hydrogen-bond acceptors (Lipinski definition) is 10. The van der Waals surface area contributed by atoms with E-state index in [1.54, 1.807) is 12.4 Å². The monoisotopic (exact) mass is 487 g/mol. The van der Waals surface area contributed by atoms with Gasteiger partial charge >= 0.3 is 0 Å². The summed E-state index contributed by atoms with van der Waals surface area (Å²) in [6.07, 6.45) is 7.69. The highest BCUT2D eigenvalue weighted by Crippen LogP contribution is 2.34. The molecule has 12 nitrogen and oxygen atoms in total. The van der Waals surface area contributed by atoms with Gasteiger partial charge in [0, 0.05) is 63.8 Å². The van der Waals surface area contributed by atoms with Gasteiger partial charge in [0.1, 0.15) is 11.2 Å². The Morgan fingerprint density at radius 3 is 2.35 bits per heavy atom. The van der Waals surface area contributed by atoms with Crippen molar-refractivity contribution in [3.63, 3.8) is 0 Å². The molecule has 3 aromatic heterocycles. The second kappa shape index (κ2) is 8.96. The molecule has 3 N–H and O–H groups in total. The summed E-state index contributed by atoms with van der Waals surface area (Å²) in [6, 6.07) is 1.96. The average molecular weight is 488 g/mol. The second-order valence-electron chi connectivity index (χ2n) is 8.86. The molecule has 2 aliphatic heterocycles. The Hall–Kier alpha value is -3.03. The third-order valence-electron chi connectivity index (χ3n) is 6.41. The molecule has 34 heavy (non-hydrogen) atoms. The van der Waals surface area contributed by atoms with Crippen LogP contribution in [0.3, 0.4) is 0 Å². The molecule has 5 rings (SSSR count). The highest BCUT2D eigenvalue weighted by Gasteiger charge is 2.26. The van der Waals surface area contributed by atoms with Crippen LogP contribution in [0.25, 0.3) is 16.8 Å². The van der Waals surface area contributed by atoms with Gasteiger partial charge in [-0.2, -0.15) is 13.9 Å². The number of aromatic nitrogens is 5. The number of piperidine rings is 1. The normalized spacial score (nSPS) is 18.6. The molecule has 3 aromatic rings. The number of rotatable bonds is 5. The van der Waals surface area contributed by atoms with E-state index in [1.165, 1.54) is 21.5 Å². The fraction of sp³-hybridized carbons (Fsp3) is 0.524. The molecule has 2 saturated heterocycles. The highest BCUT2D eigenvalue weighted by molar-refractivity contribution is 7.88. The molecular weight excluding hydrogens is 458 g/mol. The van der Waals surface area contributed by atoms with Crippen LogP contribution in [0.2, 0.25) is 0 Å². The zero-order valence-corrected chi connectivity index (χ0v) is 19.9. The average Bonchev–Trinajstić information content (AvgIpc) is 3.25. The van der Waals surface area contributed by atoms with Crippen LogP contribution in [0.4, 0.5) is 11.8 Å². The Labute approximate surface area is 198 Å². The van der Waals surface area contributed by atoms with E-state index in [1.807, 2.05) is 6.07 Å². The van der Waals surface area contributed by atoms with Crippen molar-refractivity contribution in [2.24, 2.45) is 0 Å². The molecule has 0 aliphatic carbocycles. The molecule has 0 saturated carbocycles. The number of nitrogens with two attached hydrogens (primary N) is 1. The maximum atomic E-state index is 11.8. The summed E-state index contributed by atoms with van der Waals surface area (Å²) < 4.78 is 26.6. The van der Waals surface area contributed by atoms with E-state index in [4.69, 9.17) is 15.8 Å². The van der Waals surface area contributed by atoms with Crippen molar-refractivity contribution in [3.8, 4) is 17.1 Å². The van der Waals surface area contributed by atoms with Crippen LogP contribution in [0.5, 0.6) is 5.88 Å². The minimum absolute atomic E-state index is 0.0859. The van der Waals surface area contributed by atoms with Crippen molar-refractivity contribution < 1.29 is 13.5 Å². The van der Waals surface area contributed by atoms with Gasteiger partial charge in [0.2, 0.25) is 21.9 Å². The lowest BCUT2D eigenvalue weighted by atomic mass is 10.1. The SMILES string of the molecule is CS(=O)(=O)N1CCN(Cc2cc3c(N4CCCCC4)nc(-c4cnc(N)nc4)c(O)n3n2)CC1. The predicted molar refractivity (Wildman–Crippen MR) is 128 cm³/mol. The van der Waals surface area contributed by atoms with Crippen LogP contribution in [0.15, 0.2) is 18.5 Å². The van der Waals surface area contributed by atoms with Gasteiger partial charge in [-0.3, -0.25) is 4.90 Å². The lowest BCUT2D eigenvalue weighted by Crippen LogP contribution is -2.47. The first-order chi connectivity index (χ1) is 16.3. The van der Waals surface area contributed by atoms with Crippen molar-refractivity contribution in [2.45, 2.75) is 25.8 Å². The molecule has 0 aromatic carbocycles. The molecule has 13 heteroatoms. The quantitative estimate of drug-likeness (QED) is 0.523. The zero-order valence-electron chi connectivity index (χ0n) is 19.1. The van der Waals surface area contributed by atoms with E-state index in [2.05, 4.69) is 19.8 Å². The first-order valence-corrected chi connectivity index (χ1v) is 13.3. The van der Waals surface area contributed by atoms with Crippen LogP contribution in [-0.4, -0.2) is 92.8 Å². The lowest BCUT2D eigenvalue weighted by molar-refractivity contribution is 0.180. The van der Waals surface area contributed by atoms with E-state index < -0.39 is 10.0 Å². The largest absolute Gasteiger partial charge is 0.492 e. The van der Waals surface area contributed by atoms with Crippen LogP contribution in [0.1, 0.15) is 25.0 Å². The Morgan fingerprint density at radius 1 is 1.03 bits per heavy atom. The third kappa shape index (κ3) is 4.50. The standard InChI is InChI=1S/C21H29N9O3S/c1-34(32,33)29-9-7-27(8-10-29)14-16-11-17-19(28-5-3-2-4-6-28)25-18(20(31)30(17)26-16)15-12-23-21(22)24-13-15/h11-13,31H,2-10,14H2,1H3,(H2,22,23,24). The first-order valence-electron chi connectivity index (χ1n) is 11.4. The predicted octanol–water partition coefficient (Wildman–Crippen LogP) is 0.542. The van der Waals surface area contributed by atoms with Gasteiger partial charge in [-0.25, -0.2) is 23.4 Å². The van der Waals surface area contributed by atoms with Crippen LogP contribution >= 0.6 is 0 Å². The molecule has 0 atom stereocenters. The minimum Gasteiger partial charge on any atom is -0.492 e. The molecule has 2 aliphatic rings. The molecule has 0 spiro atoms. The van der Waals surface area contributed by atoms with Crippen molar-refractivity contribution in [2.75, 3.05) is 56.2 Å². The summed E-state index contributed by atoms with van der Waals surface area (Å²) in [5.41, 5.74) is 8.07. The van der Waals surface area contributed by atoms with Gasteiger partial charge in [-0.05, 0) is 25.3 Å². The Bertz CT molecular complexity index is 1280. The Morgan fingerprint density at radius 2 is 1.71 bits per heavy atom. The Balaban J connectivity index is 1.49. The Kier molecular flexibility index (Phi) is 6.00. The second-order valence-corrected chi connectivity index (χ2v) is 10.8. The van der Waals surface area contributed by atoms with E-state index in [0.717, 1.165) is 43.0 Å². The van der Waals surface area contributed by atoms with E-state index >= 15 is 0 Å².